The van der Waals surface area contributed by atoms with Gasteiger partial charge in [-0.2, -0.15) is 0 Å². The molecule has 1 aromatic rings. The van der Waals surface area contributed by atoms with E-state index in [2.05, 4.69) is 11.8 Å². The molecule has 0 aliphatic carbocycles. The van der Waals surface area contributed by atoms with E-state index < -0.39 is 6.10 Å². The number of rotatable bonds is 5. The molecule has 2 heterocycles. The molecule has 0 saturated carbocycles. The van der Waals surface area contributed by atoms with Crippen LogP contribution in [0.15, 0.2) is 18.2 Å². The number of aliphatic hydroxyl groups excluding tert-OH is 1. The normalized spacial score (nSPS) is 21.1. The first kappa shape index (κ1) is 13.7. The Morgan fingerprint density at radius 1 is 1.20 bits per heavy atom. The maximum atomic E-state index is 10.8. The van der Waals surface area contributed by atoms with Crippen molar-refractivity contribution < 1.29 is 14.6 Å². The van der Waals surface area contributed by atoms with E-state index in [9.17, 15) is 5.11 Å². The monoisotopic (exact) mass is 277 g/mol. The van der Waals surface area contributed by atoms with Crippen LogP contribution in [0.3, 0.4) is 0 Å². The highest BCUT2D eigenvalue weighted by molar-refractivity contribution is 5.45. The summed E-state index contributed by atoms with van der Waals surface area (Å²) in [6.07, 6.45) is 4.14. The van der Waals surface area contributed by atoms with Gasteiger partial charge in [0.25, 0.3) is 0 Å². The van der Waals surface area contributed by atoms with Crippen LogP contribution < -0.4 is 9.47 Å². The summed E-state index contributed by atoms with van der Waals surface area (Å²) in [6.45, 7) is 4.66. The van der Waals surface area contributed by atoms with Gasteiger partial charge in [-0.25, -0.2) is 0 Å². The third-order valence-corrected chi connectivity index (χ3v) is 4.30. The Balaban J connectivity index is 1.79. The van der Waals surface area contributed by atoms with Gasteiger partial charge in [-0.15, -0.1) is 0 Å². The number of benzene rings is 1. The predicted molar refractivity (Wildman–Crippen MR) is 77.0 cm³/mol. The number of aliphatic hydroxyl groups is 1. The highest BCUT2D eigenvalue weighted by atomic mass is 16.7. The van der Waals surface area contributed by atoms with Crippen LogP contribution in [0.4, 0.5) is 0 Å². The van der Waals surface area contributed by atoms with Crippen molar-refractivity contribution in [3.05, 3.63) is 23.8 Å². The summed E-state index contributed by atoms with van der Waals surface area (Å²) in [5, 5.41) is 10.8. The van der Waals surface area contributed by atoms with Crippen LogP contribution in [-0.2, 0) is 0 Å². The van der Waals surface area contributed by atoms with Gasteiger partial charge in [-0.1, -0.05) is 19.4 Å². The highest BCUT2D eigenvalue weighted by Crippen LogP contribution is 2.36. The lowest BCUT2D eigenvalue weighted by Gasteiger charge is -2.31. The molecule has 2 unspecified atom stereocenters. The summed E-state index contributed by atoms with van der Waals surface area (Å²) in [6, 6.07) is 5.99. The molecular weight excluding hydrogens is 254 g/mol. The van der Waals surface area contributed by atoms with Crippen LogP contribution in [0, 0.1) is 0 Å². The second kappa shape index (κ2) is 6.02. The molecule has 0 radical (unpaired) electrons. The number of hydrogen-bond donors (Lipinski definition) is 1. The second-order valence-corrected chi connectivity index (χ2v) is 5.66. The van der Waals surface area contributed by atoms with Gasteiger partial charge in [-0.3, -0.25) is 4.90 Å². The van der Waals surface area contributed by atoms with Gasteiger partial charge in [0, 0.05) is 6.04 Å². The molecular formula is C16H23NO3. The Morgan fingerprint density at radius 3 is 2.70 bits per heavy atom. The Morgan fingerprint density at radius 2 is 1.95 bits per heavy atom. The third-order valence-electron chi connectivity index (χ3n) is 4.30. The molecule has 3 rings (SSSR count). The van der Waals surface area contributed by atoms with Crippen molar-refractivity contribution >= 4 is 0 Å². The first-order chi connectivity index (χ1) is 9.79. The van der Waals surface area contributed by atoms with Crippen molar-refractivity contribution in [1.82, 2.24) is 4.90 Å². The minimum atomic E-state index is -0.456. The predicted octanol–water partition coefficient (Wildman–Crippen LogP) is 2.71. The minimum Gasteiger partial charge on any atom is -0.454 e. The smallest absolute Gasteiger partial charge is 0.231 e. The average molecular weight is 277 g/mol. The fourth-order valence-electron chi connectivity index (χ4n) is 3.23. The van der Waals surface area contributed by atoms with E-state index in [4.69, 9.17) is 9.47 Å². The van der Waals surface area contributed by atoms with Crippen molar-refractivity contribution in [3.8, 4) is 11.5 Å². The lowest BCUT2D eigenvalue weighted by atomic mass is 9.97. The standard InChI is InChI=1S/C16H23NO3/c1-2-5-13(17-8-3-4-9-17)16(18)12-6-7-14-15(10-12)20-11-19-14/h6-7,10,13,16,18H,2-5,8-9,11H2,1H3. The topological polar surface area (TPSA) is 41.9 Å². The molecule has 2 aliphatic heterocycles. The lowest BCUT2D eigenvalue weighted by Crippen LogP contribution is -2.37. The van der Waals surface area contributed by atoms with E-state index >= 15 is 0 Å². The third kappa shape index (κ3) is 2.63. The van der Waals surface area contributed by atoms with Crippen LogP contribution in [-0.4, -0.2) is 35.9 Å². The quantitative estimate of drug-likeness (QED) is 0.898. The number of likely N-dealkylation sites (tertiary alicyclic amines) is 1. The average Bonchev–Trinajstić information content (AvgIpc) is 3.13. The highest BCUT2D eigenvalue weighted by Gasteiger charge is 2.29. The van der Waals surface area contributed by atoms with E-state index in [1.165, 1.54) is 12.8 Å². The fourth-order valence-corrected chi connectivity index (χ4v) is 3.23. The second-order valence-electron chi connectivity index (χ2n) is 5.66. The summed E-state index contributed by atoms with van der Waals surface area (Å²) in [7, 11) is 0. The van der Waals surface area contributed by atoms with E-state index in [0.717, 1.165) is 43.0 Å². The van der Waals surface area contributed by atoms with Crippen LogP contribution in [0.5, 0.6) is 11.5 Å². The van der Waals surface area contributed by atoms with Gasteiger partial charge in [0.15, 0.2) is 11.5 Å². The van der Waals surface area contributed by atoms with Gasteiger partial charge in [0.05, 0.1) is 6.10 Å². The molecule has 2 aliphatic rings. The van der Waals surface area contributed by atoms with E-state index in [0.29, 0.717) is 0 Å². The van der Waals surface area contributed by atoms with Crippen molar-refractivity contribution in [2.75, 3.05) is 19.9 Å². The summed E-state index contributed by atoms with van der Waals surface area (Å²) < 4.78 is 10.7. The zero-order valence-electron chi connectivity index (χ0n) is 12.0. The van der Waals surface area contributed by atoms with Crippen molar-refractivity contribution in [1.29, 1.82) is 0 Å². The zero-order chi connectivity index (χ0) is 13.9. The summed E-state index contributed by atoms with van der Waals surface area (Å²) in [4.78, 5) is 2.43. The van der Waals surface area contributed by atoms with Crippen LogP contribution in [0.25, 0.3) is 0 Å². The van der Waals surface area contributed by atoms with Gasteiger partial charge < -0.3 is 14.6 Å². The first-order valence-corrected chi connectivity index (χ1v) is 7.61. The van der Waals surface area contributed by atoms with Crippen molar-refractivity contribution in [2.24, 2.45) is 0 Å². The Labute approximate surface area is 120 Å². The van der Waals surface area contributed by atoms with Gasteiger partial charge in [-0.05, 0) is 50.0 Å². The van der Waals surface area contributed by atoms with Gasteiger partial charge in [0.1, 0.15) is 0 Å². The summed E-state index contributed by atoms with van der Waals surface area (Å²) >= 11 is 0. The number of fused-ring (bicyclic) bond motifs is 1. The SMILES string of the molecule is CCCC(C(O)c1ccc2c(c1)OCO2)N1CCCC1. The van der Waals surface area contributed by atoms with Crippen molar-refractivity contribution in [2.45, 2.75) is 44.8 Å². The summed E-state index contributed by atoms with van der Waals surface area (Å²) in [5.74, 6) is 1.52. The van der Waals surface area contributed by atoms with E-state index in [1.807, 2.05) is 18.2 Å². The molecule has 1 fully saturated rings. The maximum Gasteiger partial charge on any atom is 0.231 e. The van der Waals surface area contributed by atoms with Gasteiger partial charge in [0.2, 0.25) is 6.79 Å². The Bertz CT molecular complexity index is 457. The largest absolute Gasteiger partial charge is 0.454 e. The fraction of sp³-hybridized carbons (Fsp3) is 0.625. The Hall–Kier alpha value is -1.26. The molecule has 0 amide bonds. The van der Waals surface area contributed by atoms with Crippen molar-refractivity contribution in [3.63, 3.8) is 0 Å². The molecule has 1 aromatic carbocycles. The van der Waals surface area contributed by atoms with E-state index in [-0.39, 0.29) is 12.8 Å². The zero-order valence-corrected chi connectivity index (χ0v) is 12.0. The van der Waals surface area contributed by atoms with E-state index in [1.54, 1.807) is 0 Å². The van der Waals surface area contributed by atoms with Crippen LogP contribution in [0.1, 0.15) is 44.3 Å². The molecule has 110 valence electrons. The van der Waals surface area contributed by atoms with Gasteiger partial charge >= 0.3 is 0 Å². The van der Waals surface area contributed by atoms with Crippen LogP contribution >= 0.6 is 0 Å². The number of hydrogen-bond acceptors (Lipinski definition) is 4. The molecule has 0 bridgehead atoms. The Kier molecular flexibility index (Phi) is 4.13. The molecule has 20 heavy (non-hydrogen) atoms. The molecule has 0 aromatic heterocycles. The number of ether oxygens (including phenoxy) is 2. The molecule has 4 heteroatoms. The summed E-state index contributed by atoms with van der Waals surface area (Å²) in [5.41, 5.74) is 0.930. The molecule has 4 nitrogen and oxygen atoms in total. The molecule has 1 N–H and O–H groups in total. The first-order valence-electron chi connectivity index (χ1n) is 7.61. The molecule has 1 saturated heterocycles. The molecule has 2 atom stereocenters. The minimum absolute atomic E-state index is 0.211. The van der Waals surface area contributed by atoms with Crippen LogP contribution in [0.2, 0.25) is 0 Å². The lowest BCUT2D eigenvalue weighted by molar-refractivity contribution is 0.0557. The molecule has 0 spiro atoms. The number of nitrogens with zero attached hydrogens (tertiary/aromatic N) is 1. The maximum absolute atomic E-state index is 10.8.